The lowest BCUT2D eigenvalue weighted by atomic mass is 10.2. The van der Waals surface area contributed by atoms with Crippen molar-refractivity contribution in [2.45, 2.75) is 0 Å². The number of phenolic OH excluding ortho intramolecular Hbond substituents is 1. The number of hydrogen-bond donors (Lipinski definition) is 1. The monoisotopic (exact) mass is 377 g/mol. The quantitative estimate of drug-likeness (QED) is 0.315. The largest absolute Gasteiger partial charge is 0.508 e. The summed E-state index contributed by atoms with van der Waals surface area (Å²) in [6.45, 7) is 0. The molecule has 3 rings (SSSR count). The predicted octanol–water partition coefficient (Wildman–Crippen LogP) is 6.14. The summed E-state index contributed by atoms with van der Waals surface area (Å²) in [4.78, 5) is 10.2. The topological polar surface area (TPSA) is 122 Å². The van der Waals surface area contributed by atoms with E-state index in [1.54, 1.807) is 30.3 Å². The number of rotatable bonds is 6. The summed E-state index contributed by atoms with van der Waals surface area (Å²) < 4.78 is 5.32. The van der Waals surface area contributed by atoms with Gasteiger partial charge in [-0.1, -0.05) is 0 Å². The molecule has 3 aromatic carbocycles. The van der Waals surface area contributed by atoms with E-state index in [0.717, 1.165) is 0 Å². The van der Waals surface area contributed by atoms with Crippen LogP contribution in [0.3, 0.4) is 0 Å². The third-order valence-corrected chi connectivity index (χ3v) is 3.63. The fourth-order valence-electron chi connectivity index (χ4n) is 2.20. The van der Waals surface area contributed by atoms with Gasteiger partial charge in [0, 0.05) is 18.2 Å². The molecule has 9 nitrogen and oxygen atoms in total. The van der Waals surface area contributed by atoms with Crippen LogP contribution in [0.2, 0.25) is 0 Å². The van der Waals surface area contributed by atoms with Crippen molar-refractivity contribution in [2.24, 2.45) is 20.5 Å². The Kier molecular flexibility index (Phi) is 5.66. The van der Waals surface area contributed by atoms with E-state index in [-0.39, 0.29) is 11.4 Å². The van der Waals surface area contributed by atoms with Crippen LogP contribution in [-0.2, 0) is 0 Å². The van der Waals surface area contributed by atoms with Gasteiger partial charge in [-0.2, -0.15) is 15.3 Å². The van der Waals surface area contributed by atoms with E-state index in [1.165, 1.54) is 43.5 Å². The van der Waals surface area contributed by atoms with E-state index < -0.39 is 4.92 Å². The molecule has 0 amide bonds. The maximum Gasteiger partial charge on any atom is 0.269 e. The number of ether oxygens (including phenoxy) is 1. The van der Waals surface area contributed by atoms with Crippen LogP contribution in [0.4, 0.5) is 28.4 Å². The van der Waals surface area contributed by atoms with Gasteiger partial charge in [0.1, 0.15) is 17.2 Å². The third-order valence-electron chi connectivity index (χ3n) is 3.63. The molecule has 140 valence electrons. The van der Waals surface area contributed by atoms with Crippen molar-refractivity contribution in [3.8, 4) is 11.5 Å². The summed E-state index contributed by atoms with van der Waals surface area (Å²) >= 11 is 0. The molecule has 0 spiro atoms. The van der Waals surface area contributed by atoms with E-state index in [0.29, 0.717) is 28.5 Å². The molecule has 0 radical (unpaired) electrons. The van der Waals surface area contributed by atoms with Gasteiger partial charge < -0.3 is 9.84 Å². The van der Waals surface area contributed by atoms with Crippen molar-refractivity contribution in [2.75, 3.05) is 7.11 Å². The van der Waals surface area contributed by atoms with Gasteiger partial charge in [-0.25, -0.2) is 0 Å². The molecule has 0 saturated heterocycles. The fourth-order valence-corrected chi connectivity index (χ4v) is 2.20. The highest BCUT2D eigenvalue weighted by molar-refractivity contribution is 5.59. The summed E-state index contributed by atoms with van der Waals surface area (Å²) in [5.41, 5.74) is 2.09. The maximum absolute atomic E-state index is 10.7. The van der Waals surface area contributed by atoms with Crippen molar-refractivity contribution in [1.29, 1.82) is 0 Å². The molecular weight excluding hydrogens is 362 g/mol. The lowest BCUT2D eigenvalue weighted by molar-refractivity contribution is -0.384. The van der Waals surface area contributed by atoms with Gasteiger partial charge in [-0.05, 0) is 48.5 Å². The Morgan fingerprint density at radius 2 is 1.36 bits per heavy atom. The first kappa shape index (κ1) is 18.6. The second-order valence-electron chi connectivity index (χ2n) is 5.55. The van der Waals surface area contributed by atoms with Crippen LogP contribution in [0, 0.1) is 10.1 Å². The van der Waals surface area contributed by atoms with Crippen LogP contribution in [0.15, 0.2) is 87.2 Å². The van der Waals surface area contributed by atoms with Crippen LogP contribution in [0.1, 0.15) is 0 Å². The standard InChI is InChI=1S/C19H15N5O4/c1-28-19-12-15(22-20-13-2-7-16(8-3-13)24(26)27)6-11-18(19)23-21-14-4-9-17(25)10-5-14/h2-12,25H,1H3. The van der Waals surface area contributed by atoms with Crippen molar-refractivity contribution in [1.82, 2.24) is 0 Å². The van der Waals surface area contributed by atoms with Gasteiger partial charge in [0.2, 0.25) is 0 Å². The van der Waals surface area contributed by atoms with E-state index >= 15 is 0 Å². The first-order chi connectivity index (χ1) is 13.5. The zero-order chi connectivity index (χ0) is 19.9. The number of azo groups is 2. The highest BCUT2D eigenvalue weighted by atomic mass is 16.6. The number of benzene rings is 3. The molecule has 1 N–H and O–H groups in total. The lowest BCUT2D eigenvalue weighted by Gasteiger charge is -2.04. The van der Waals surface area contributed by atoms with Gasteiger partial charge in [0.15, 0.2) is 0 Å². The summed E-state index contributed by atoms with van der Waals surface area (Å²) in [6, 6.07) is 17.1. The first-order valence-corrected chi connectivity index (χ1v) is 8.10. The number of phenols is 1. The van der Waals surface area contributed by atoms with Gasteiger partial charge in [-0.3, -0.25) is 10.1 Å². The van der Waals surface area contributed by atoms with Crippen LogP contribution < -0.4 is 4.74 Å². The zero-order valence-corrected chi connectivity index (χ0v) is 14.8. The van der Waals surface area contributed by atoms with E-state index in [9.17, 15) is 15.2 Å². The van der Waals surface area contributed by atoms with Crippen LogP contribution >= 0.6 is 0 Å². The number of non-ortho nitro benzene ring substituents is 1. The number of methoxy groups -OCH3 is 1. The summed E-state index contributed by atoms with van der Waals surface area (Å²) in [6.07, 6.45) is 0. The van der Waals surface area contributed by atoms with Crippen LogP contribution in [0.5, 0.6) is 11.5 Å². The highest BCUT2D eigenvalue weighted by Gasteiger charge is 2.05. The maximum atomic E-state index is 10.7. The molecule has 0 heterocycles. The second kappa shape index (κ2) is 8.49. The van der Waals surface area contributed by atoms with Gasteiger partial charge in [-0.15, -0.1) is 5.11 Å². The van der Waals surface area contributed by atoms with Crippen molar-refractivity contribution in [3.05, 3.63) is 76.8 Å². The molecule has 0 bridgehead atoms. The van der Waals surface area contributed by atoms with E-state index in [1.807, 2.05) is 0 Å². The number of nitro groups is 1. The van der Waals surface area contributed by atoms with Crippen molar-refractivity contribution >= 4 is 28.4 Å². The van der Waals surface area contributed by atoms with E-state index in [2.05, 4.69) is 20.5 Å². The molecule has 0 aliphatic rings. The minimum Gasteiger partial charge on any atom is -0.508 e. The molecule has 0 unspecified atom stereocenters. The van der Waals surface area contributed by atoms with Crippen LogP contribution in [-0.4, -0.2) is 17.1 Å². The Morgan fingerprint density at radius 1 is 0.821 bits per heavy atom. The molecule has 0 aromatic heterocycles. The normalized spacial score (nSPS) is 11.2. The first-order valence-electron chi connectivity index (χ1n) is 8.10. The number of hydrogen-bond acceptors (Lipinski definition) is 8. The molecule has 3 aromatic rings. The average Bonchev–Trinajstić information content (AvgIpc) is 2.72. The zero-order valence-electron chi connectivity index (χ0n) is 14.8. The molecular formula is C19H15N5O4. The van der Waals surface area contributed by atoms with Gasteiger partial charge >= 0.3 is 0 Å². The Bertz CT molecular complexity index is 1030. The molecule has 28 heavy (non-hydrogen) atoms. The molecule has 0 fully saturated rings. The van der Waals surface area contributed by atoms with Crippen molar-refractivity contribution < 1.29 is 14.8 Å². The lowest BCUT2D eigenvalue weighted by Crippen LogP contribution is -1.85. The molecule has 0 aliphatic carbocycles. The SMILES string of the molecule is COc1cc(N=Nc2ccc([N+](=O)[O-])cc2)ccc1N=Nc1ccc(O)cc1. The Labute approximate surface area is 159 Å². The van der Waals surface area contributed by atoms with Gasteiger partial charge in [0.25, 0.3) is 5.69 Å². The summed E-state index contributed by atoms with van der Waals surface area (Å²) in [5, 5.41) is 36.3. The smallest absolute Gasteiger partial charge is 0.269 e. The Morgan fingerprint density at radius 3 is 1.96 bits per heavy atom. The number of nitro benzene ring substituents is 1. The fraction of sp³-hybridized carbons (Fsp3) is 0.0526. The van der Waals surface area contributed by atoms with Crippen LogP contribution in [0.25, 0.3) is 0 Å². The minimum absolute atomic E-state index is 0.0102. The molecule has 0 saturated carbocycles. The number of aromatic hydroxyl groups is 1. The van der Waals surface area contributed by atoms with E-state index in [4.69, 9.17) is 4.74 Å². The summed E-state index contributed by atoms with van der Waals surface area (Å²) in [5.74, 6) is 0.613. The highest BCUT2D eigenvalue weighted by Crippen LogP contribution is 2.33. The number of nitrogens with zero attached hydrogens (tertiary/aromatic N) is 5. The predicted molar refractivity (Wildman–Crippen MR) is 103 cm³/mol. The molecule has 9 heteroatoms. The van der Waals surface area contributed by atoms with Crippen molar-refractivity contribution in [3.63, 3.8) is 0 Å². The Hall–Kier alpha value is -4.14. The average molecular weight is 377 g/mol. The van der Waals surface area contributed by atoms with Gasteiger partial charge in [0.05, 0.1) is 29.1 Å². The Balaban J connectivity index is 1.76. The third kappa shape index (κ3) is 4.73. The second-order valence-corrected chi connectivity index (χ2v) is 5.55. The minimum atomic E-state index is -0.475. The molecule has 0 atom stereocenters. The summed E-state index contributed by atoms with van der Waals surface area (Å²) in [7, 11) is 1.51. The molecule has 0 aliphatic heterocycles.